The molecule has 10 aromatic carbocycles. The molecule has 0 aliphatic rings. The van der Waals surface area contributed by atoms with Crippen LogP contribution < -0.4 is 0 Å². The van der Waals surface area contributed by atoms with Crippen LogP contribution >= 0.6 is 15.9 Å². The maximum absolute atomic E-state index is 4.65. The van der Waals surface area contributed by atoms with Crippen LogP contribution in [0.25, 0.3) is 172 Å². The molecule has 0 spiro atoms. The molecule has 0 fully saturated rings. The fraction of sp³-hybridized carbons (Fsp3) is 0. The Balaban J connectivity index is 0.000000130. The van der Waals surface area contributed by atoms with Crippen molar-refractivity contribution < 1.29 is 0 Å². The Hall–Kier alpha value is -13.7. The van der Waals surface area contributed by atoms with Crippen molar-refractivity contribution in [3.63, 3.8) is 0 Å². The van der Waals surface area contributed by atoms with Crippen molar-refractivity contribution >= 4 is 81.3 Å². The van der Waals surface area contributed by atoms with Gasteiger partial charge in [-0.25, -0.2) is 0 Å². The number of rotatable bonds is 11. The van der Waals surface area contributed by atoms with Crippen LogP contribution in [0.2, 0.25) is 0 Å². The zero-order valence-electron chi connectivity index (χ0n) is 56.7. The van der Waals surface area contributed by atoms with Crippen molar-refractivity contribution in [1.82, 2.24) is 48.6 Å². The largest absolute Gasteiger partial charge is 0.353 e. The maximum atomic E-state index is 4.65. The number of hydrogen-bond acceptors (Lipinski definition) is 6. The number of nitrogens with zero attached hydrogens (tertiary/aromatic N) is 9. The summed E-state index contributed by atoms with van der Waals surface area (Å²) in [7, 11) is 0. The normalized spacial score (nSPS) is 11.3. The lowest BCUT2D eigenvalue weighted by atomic mass is 9.97. The van der Waals surface area contributed by atoms with Gasteiger partial charge in [0, 0.05) is 130 Å². The Morgan fingerprint density at radius 1 is 0.257 bits per heavy atom. The van der Waals surface area contributed by atoms with Crippen molar-refractivity contribution in [2.45, 2.75) is 0 Å². The summed E-state index contributed by atoms with van der Waals surface area (Å²) in [5.41, 5.74) is 27.5. The molecule has 105 heavy (non-hydrogen) atoms. The van der Waals surface area contributed by atoms with E-state index < -0.39 is 0 Å². The van der Waals surface area contributed by atoms with Gasteiger partial charge >= 0.3 is 0 Å². The maximum Gasteiger partial charge on any atom is 0.0725 e. The molecule has 10 nitrogen and oxygen atoms in total. The fourth-order valence-corrected chi connectivity index (χ4v) is 15.2. The summed E-state index contributed by atoms with van der Waals surface area (Å²) in [6, 6.07) is 115. The van der Waals surface area contributed by atoms with E-state index in [2.05, 4.69) is 313 Å². The predicted octanol–water partition coefficient (Wildman–Crippen LogP) is 24.1. The molecule has 0 unspecified atom stereocenters. The van der Waals surface area contributed by atoms with Crippen LogP contribution in [0.3, 0.4) is 0 Å². The van der Waals surface area contributed by atoms with Gasteiger partial charge in [0.05, 0.1) is 74.1 Å². The Labute approximate surface area is 614 Å². The first-order chi connectivity index (χ1) is 52.1. The minimum absolute atomic E-state index is 0.939. The lowest BCUT2D eigenvalue weighted by molar-refractivity contribution is 1.14. The van der Waals surface area contributed by atoms with Gasteiger partial charge in [-0.15, -0.1) is 0 Å². The molecule has 0 saturated carbocycles. The van der Waals surface area contributed by atoms with Gasteiger partial charge in [-0.05, 0) is 144 Å². The van der Waals surface area contributed by atoms with E-state index in [1.807, 2.05) is 122 Å². The van der Waals surface area contributed by atoms with Gasteiger partial charge in [-0.2, -0.15) is 0 Å². The molecule has 0 saturated heterocycles. The Kier molecular flexibility index (Phi) is 16.9. The lowest BCUT2D eigenvalue weighted by Crippen LogP contribution is -1.98. The first kappa shape index (κ1) is 63.4. The molecular formula is C94H63BrN10. The third-order valence-electron chi connectivity index (χ3n) is 19.4. The average molecular weight is 1410 g/mol. The van der Waals surface area contributed by atoms with Crippen molar-refractivity contribution in [1.29, 1.82) is 0 Å². The van der Waals surface area contributed by atoms with E-state index in [4.69, 9.17) is 0 Å². The number of aromatic nitrogens is 10. The Bertz CT molecular complexity index is 6470. The highest BCUT2D eigenvalue weighted by atomic mass is 79.9. The first-order valence-electron chi connectivity index (χ1n) is 34.9. The van der Waals surface area contributed by atoms with Gasteiger partial charge < -0.3 is 18.7 Å². The molecular weight excluding hydrogens is 1350 g/mol. The second-order valence-corrected chi connectivity index (χ2v) is 26.5. The molecule has 11 heteroatoms. The number of benzene rings is 10. The molecule has 10 aromatic heterocycles. The fourth-order valence-electron chi connectivity index (χ4n) is 14.8. The van der Waals surface area contributed by atoms with E-state index in [-0.39, 0.29) is 0 Å². The summed E-state index contributed by atoms with van der Waals surface area (Å²) < 4.78 is 8.32. The highest BCUT2D eigenvalue weighted by Crippen LogP contribution is 2.50. The topological polar surface area (TPSA) is 108 Å². The highest BCUT2D eigenvalue weighted by molar-refractivity contribution is 9.10. The van der Waals surface area contributed by atoms with Crippen LogP contribution in [0.15, 0.2) is 382 Å². The standard InChI is InChI=1S/C47H31N5.C36H24N4.C11H8BrN/c1-3-12-33(13-4-1)44-39-24-25-42-45(38-26-29-48-31-43(38)51(42)37-17-11-16-35(30-37)41-19-8-10-28-50-41)47(39)52(46(44)34-14-5-2-6-15-34)36-22-20-32(21-23-36)40-18-7-9-27-49-40;1-3-9-25(10-4-1)33-29-18-19-31-34(28-20-22-37-23-32(28)39-31)36(29)40(35(33)26-11-5-2-6-12-26)27-16-14-24(15-17-27)30-13-7-8-21-38-30;12-10-5-3-4-9(8-10)11-6-1-2-7-13-11/h1-31H;1-23,39H;1-8H. The summed E-state index contributed by atoms with van der Waals surface area (Å²) >= 11 is 3.43. The monoisotopic (exact) mass is 1410 g/mol. The smallest absolute Gasteiger partial charge is 0.0725 e. The second-order valence-electron chi connectivity index (χ2n) is 25.6. The Morgan fingerprint density at radius 3 is 1.18 bits per heavy atom. The first-order valence-corrected chi connectivity index (χ1v) is 35.7. The second kappa shape index (κ2) is 28.0. The Morgan fingerprint density at radius 2 is 0.686 bits per heavy atom. The van der Waals surface area contributed by atoms with E-state index in [0.717, 1.165) is 111 Å². The van der Waals surface area contributed by atoms with Gasteiger partial charge in [0.25, 0.3) is 0 Å². The molecule has 20 aromatic rings. The molecule has 0 aliphatic heterocycles. The van der Waals surface area contributed by atoms with Gasteiger partial charge in [0.15, 0.2) is 0 Å². The highest BCUT2D eigenvalue weighted by Gasteiger charge is 2.28. The van der Waals surface area contributed by atoms with Crippen molar-refractivity contribution in [3.8, 4) is 107 Å². The number of aromatic amines is 1. The third-order valence-corrected chi connectivity index (χ3v) is 19.9. The van der Waals surface area contributed by atoms with E-state index in [1.54, 1.807) is 6.20 Å². The molecule has 0 radical (unpaired) electrons. The average Bonchev–Trinajstić information content (AvgIpc) is 1.55. The summed E-state index contributed by atoms with van der Waals surface area (Å²) in [6.07, 6.45) is 15.0. The molecule has 0 atom stereocenters. The molecule has 0 amide bonds. The summed E-state index contributed by atoms with van der Waals surface area (Å²) in [5, 5.41) is 7.07. The van der Waals surface area contributed by atoms with Crippen molar-refractivity contribution in [2.24, 2.45) is 0 Å². The van der Waals surface area contributed by atoms with Crippen LogP contribution in [-0.2, 0) is 0 Å². The van der Waals surface area contributed by atoms with Crippen LogP contribution in [0.1, 0.15) is 0 Å². The van der Waals surface area contributed by atoms with Gasteiger partial charge in [-0.3, -0.25) is 29.9 Å². The lowest BCUT2D eigenvalue weighted by Gasteiger charge is -2.14. The number of nitrogens with one attached hydrogen (secondary N) is 1. The SMILES string of the molecule is Brc1cccc(-c2ccccn2)c1.c1ccc(-c2c(-c3ccccc3)n(-c3ccc(-c4ccccn4)cc3)c3c2ccc2[nH]c4cnccc4c23)cc1.c1ccc(-c2c(-c3ccccc3)n(-c3ccc(-c4ccccn4)cc3)c3c2ccc2c3c3ccncc3n2-c2cccc(-c3ccccn3)c2)cc1. The number of fused-ring (bicyclic) bond motifs is 10. The number of pyridine rings is 6. The van der Waals surface area contributed by atoms with Gasteiger partial charge in [-0.1, -0.05) is 222 Å². The summed E-state index contributed by atoms with van der Waals surface area (Å²) in [5.74, 6) is 0. The molecule has 10 heterocycles. The number of hydrogen-bond donors (Lipinski definition) is 1. The van der Waals surface area contributed by atoms with Crippen LogP contribution in [0.5, 0.6) is 0 Å². The van der Waals surface area contributed by atoms with E-state index >= 15 is 0 Å². The zero-order valence-corrected chi connectivity index (χ0v) is 58.3. The van der Waals surface area contributed by atoms with Gasteiger partial charge in [0.1, 0.15) is 0 Å². The molecule has 496 valence electrons. The summed E-state index contributed by atoms with van der Waals surface area (Å²) in [6.45, 7) is 0. The molecule has 20 rings (SSSR count). The van der Waals surface area contributed by atoms with Crippen LogP contribution in [0, 0.1) is 0 Å². The molecule has 0 bridgehead atoms. The van der Waals surface area contributed by atoms with Gasteiger partial charge in [0.2, 0.25) is 0 Å². The van der Waals surface area contributed by atoms with Crippen molar-refractivity contribution in [3.05, 3.63) is 382 Å². The van der Waals surface area contributed by atoms with Crippen molar-refractivity contribution in [2.75, 3.05) is 0 Å². The quantitative estimate of drug-likeness (QED) is 0.138. The minimum atomic E-state index is 0.939. The number of H-pyrrole nitrogens is 1. The van der Waals surface area contributed by atoms with E-state index in [0.29, 0.717) is 0 Å². The number of halogens is 1. The van der Waals surface area contributed by atoms with Crippen LogP contribution in [0.4, 0.5) is 0 Å². The van der Waals surface area contributed by atoms with E-state index in [1.165, 1.54) is 66.0 Å². The zero-order chi connectivity index (χ0) is 70.0. The molecule has 0 aliphatic carbocycles. The van der Waals surface area contributed by atoms with E-state index in [9.17, 15) is 0 Å². The minimum Gasteiger partial charge on any atom is -0.353 e. The molecule has 1 N–H and O–H groups in total. The van der Waals surface area contributed by atoms with Crippen LogP contribution in [-0.4, -0.2) is 48.6 Å². The third kappa shape index (κ3) is 12.0. The predicted molar refractivity (Wildman–Crippen MR) is 435 cm³/mol. The summed E-state index contributed by atoms with van der Waals surface area (Å²) in [4.78, 5) is 30.7.